The molecule has 0 spiro atoms. The Hall–Kier alpha value is -2.76. The van der Waals surface area contributed by atoms with Gasteiger partial charge < -0.3 is 19.9 Å². The molecule has 1 amide bonds. The van der Waals surface area contributed by atoms with Crippen LogP contribution in [0, 0.1) is 11.3 Å². The number of fused-ring (bicyclic) bond motifs is 1. The Labute approximate surface area is 165 Å². The maximum Gasteiger partial charge on any atom is 0.243 e. The van der Waals surface area contributed by atoms with Gasteiger partial charge in [0.25, 0.3) is 0 Å². The van der Waals surface area contributed by atoms with Gasteiger partial charge >= 0.3 is 0 Å². The fourth-order valence-electron chi connectivity index (χ4n) is 3.22. The van der Waals surface area contributed by atoms with E-state index in [-0.39, 0.29) is 5.91 Å². The molecule has 1 atom stereocenters. The summed E-state index contributed by atoms with van der Waals surface area (Å²) in [6.45, 7) is 4.37. The topological polar surface area (TPSA) is 94.4 Å². The number of piperazine rings is 1. The second kappa shape index (κ2) is 9.44. The van der Waals surface area contributed by atoms with Gasteiger partial charge in [0.05, 0.1) is 17.1 Å². The summed E-state index contributed by atoms with van der Waals surface area (Å²) in [5.41, 5.74) is 1.87. The molecule has 1 N–H and O–H groups in total. The molecule has 28 heavy (non-hydrogen) atoms. The number of nitrogens with one attached hydrogen (secondary N) is 1. The van der Waals surface area contributed by atoms with Crippen LogP contribution in [0.25, 0.3) is 11.0 Å². The van der Waals surface area contributed by atoms with Gasteiger partial charge in [-0.15, -0.1) is 0 Å². The molecule has 3 rings (SSSR count). The second-order valence-corrected chi connectivity index (χ2v) is 6.91. The Kier molecular flexibility index (Phi) is 6.74. The predicted octanol–water partition coefficient (Wildman–Crippen LogP) is 1.14. The van der Waals surface area contributed by atoms with Gasteiger partial charge in [0.2, 0.25) is 5.91 Å². The molecule has 1 aliphatic heterocycles. The lowest BCUT2D eigenvalue weighted by molar-refractivity contribution is -0.121. The first-order valence-corrected chi connectivity index (χ1v) is 9.50. The highest BCUT2D eigenvalue weighted by molar-refractivity contribution is 5.88. The average molecular weight is 382 g/mol. The lowest BCUT2D eigenvalue weighted by Crippen LogP contribution is -2.45. The number of hydrogen-bond donors (Lipinski definition) is 1. The van der Waals surface area contributed by atoms with Crippen LogP contribution in [-0.4, -0.2) is 74.3 Å². The van der Waals surface area contributed by atoms with Gasteiger partial charge in [0, 0.05) is 46.4 Å². The van der Waals surface area contributed by atoms with Crippen LogP contribution in [0.5, 0.6) is 0 Å². The lowest BCUT2D eigenvalue weighted by Gasteiger charge is -2.34. The first-order valence-electron chi connectivity index (χ1n) is 9.50. The second-order valence-electron chi connectivity index (χ2n) is 6.91. The van der Waals surface area contributed by atoms with E-state index in [0.29, 0.717) is 36.6 Å². The molecule has 0 aliphatic carbocycles. The predicted molar refractivity (Wildman–Crippen MR) is 107 cm³/mol. The Morgan fingerprint density at radius 3 is 2.57 bits per heavy atom. The molecule has 2 heterocycles. The van der Waals surface area contributed by atoms with E-state index in [1.54, 1.807) is 7.11 Å². The van der Waals surface area contributed by atoms with Gasteiger partial charge in [-0.2, -0.15) is 5.26 Å². The summed E-state index contributed by atoms with van der Waals surface area (Å²) in [6.07, 6.45) is 0.690. The number of nitriles is 1. The van der Waals surface area contributed by atoms with E-state index in [2.05, 4.69) is 33.2 Å². The van der Waals surface area contributed by atoms with Gasteiger partial charge in [-0.05, 0) is 25.6 Å². The Morgan fingerprint density at radius 1 is 1.25 bits per heavy atom. The SMILES string of the molecule is COCCCNC(=O)[C@@H](C#N)c1nc2ccccc2nc1N1CCN(C)CC1. The number of ether oxygens (including phenoxy) is 1. The quantitative estimate of drug-likeness (QED) is 0.718. The Morgan fingerprint density at radius 2 is 1.93 bits per heavy atom. The van der Waals surface area contributed by atoms with E-state index < -0.39 is 5.92 Å². The summed E-state index contributed by atoms with van der Waals surface area (Å²) in [6, 6.07) is 9.67. The van der Waals surface area contributed by atoms with E-state index in [9.17, 15) is 10.1 Å². The van der Waals surface area contributed by atoms with Crippen LogP contribution in [0.4, 0.5) is 5.82 Å². The van der Waals surface area contributed by atoms with Crippen molar-refractivity contribution in [2.75, 3.05) is 58.4 Å². The Bertz CT molecular complexity index is 857. The van der Waals surface area contributed by atoms with Gasteiger partial charge in [-0.25, -0.2) is 9.97 Å². The molecule has 1 aromatic heterocycles. The highest BCUT2D eigenvalue weighted by atomic mass is 16.5. The highest BCUT2D eigenvalue weighted by Gasteiger charge is 2.29. The first-order chi connectivity index (χ1) is 13.6. The molecule has 1 aliphatic rings. The summed E-state index contributed by atoms with van der Waals surface area (Å²) < 4.78 is 5.00. The number of methoxy groups -OCH3 is 1. The van der Waals surface area contributed by atoms with Crippen molar-refractivity contribution in [3.05, 3.63) is 30.0 Å². The molecule has 0 bridgehead atoms. The third kappa shape index (κ3) is 4.55. The van der Waals surface area contributed by atoms with Crippen molar-refractivity contribution in [1.29, 1.82) is 5.26 Å². The molecule has 0 radical (unpaired) electrons. The zero-order valence-electron chi connectivity index (χ0n) is 16.4. The average Bonchev–Trinajstić information content (AvgIpc) is 2.72. The highest BCUT2D eigenvalue weighted by Crippen LogP contribution is 2.28. The van der Waals surface area contributed by atoms with Crippen molar-refractivity contribution in [3.63, 3.8) is 0 Å². The molecule has 0 saturated carbocycles. The van der Waals surface area contributed by atoms with Crippen LogP contribution in [-0.2, 0) is 9.53 Å². The molecular weight excluding hydrogens is 356 g/mol. The number of para-hydroxylation sites is 2. The maximum absolute atomic E-state index is 12.7. The summed E-state index contributed by atoms with van der Waals surface area (Å²) in [5, 5.41) is 12.6. The summed E-state index contributed by atoms with van der Waals surface area (Å²) in [7, 11) is 3.70. The number of carbonyl (C=O) groups excluding carboxylic acids is 1. The van der Waals surface area contributed by atoms with Gasteiger partial charge in [0.1, 0.15) is 5.69 Å². The van der Waals surface area contributed by atoms with Crippen LogP contribution >= 0.6 is 0 Å². The van der Waals surface area contributed by atoms with Gasteiger partial charge in [-0.1, -0.05) is 12.1 Å². The number of rotatable bonds is 7. The molecule has 2 aromatic rings. The number of nitrogens with zero attached hydrogens (tertiary/aromatic N) is 5. The zero-order valence-corrected chi connectivity index (χ0v) is 16.4. The summed E-state index contributed by atoms with van der Waals surface area (Å²) >= 11 is 0. The molecule has 1 fully saturated rings. The molecule has 8 nitrogen and oxygen atoms in total. The summed E-state index contributed by atoms with van der Waals surface area (Å²) in [4.78, 5) is 26.5. The third-order valence-corrected chi connectivity index (χ3v) is 4.87. The lowest BCUT2D eigenvalue weighted by atomic mass is 10.0. The van der Waals surface area contributed by atoms with E-state index >= 15 is 0 Å². The van der Waals surface area contributed by atoms with E-state index in [0.717, 1.165) is 31.7 Å². The van der Waals surface area contributed by atoms with Crippen molar-refractivity contribution in [1.82, 2.24) is 20.2 Å². The zero-order chi connectivity index (χ0) is 19.9. The van der Waals surface area contributed by atoms with Crippen molar-refractivity contribution >= 4 is 22.8 Å². The minimum absolute atomic E-state index is 0.349. The molecular formula is C20H26N6O2. The number of likely N-dealkylation sites (N-methyl/N-ethyl adjacent to an activating group) is 1. The van der Waals surface area contributed by atoms with Crippen LogP contribution in [0.2, 0.25) is 0 Å². The number of amides is 1. The maximum atomic E-state index is 12.7. The molecule has 148 valence electrons. The first kappa shape index (κ1) is 20.0. The standard InChI is InChI=1S/C20H26N6O2/c1-25-9-11-26(12-10-25)19-18(23-16-6-3-4-7-17(16)24-19)15(14-21)20(27)22-8-5-13-28-2/h3-4,6-7,15H,5,8-13H2,1-2H3,(H,22,27)/t15-/m0/s1. The fraction of sp³-hybridized carbons (Fsp3) is 0.500. The van der Waals surface area contributed by atoms with E-state index in [1.165, 1.54) is 0 Å². The van der Waals surface area contributed by atoms with Crippen LogP contribution in [0.15, 0.2) is 24.3 Å². The fourth-order valence-corrected chi connectivity index (χ4v) is 3.22. The molecule has 0 unspecified atom stereocenters. The summed E-state index contributed by atoms with van der Waals surface area (Å²) in [5.74, 6) is -0.724. The van der Waals surface area contributed by atoms with E-state index in [1.807, 2.05) is 24.3 Å². The number of benzene rings is 1. The van der Waals surface area contributed by atoms with Gasteiger partial charge in [-0.3, -0.25) is 4.79 Å². The number of anilines is 1. The van der Waals surface area contributed by atoms with Crippen LogP contribution < -0.4 is 10.2 Å². The van der Waals surface area contributed by atoms with Crippen LogP contribution in [0.1, 0.15) is 18.0 Å². The Balaban J connectivity index is 1.93. The van der Waals surface area contributed by atoms with Crippen molar-refractivity contribution < 1.29 is 9.53 Å². The normalized spacial score (nSPS) is 16.0. The smallest absolute Gasteiger partial charge is 0.243 e. The van der Waals surface area contributed by atoms with Crippen molar-refractivity contribution in [2.24, 2.45) is 0 Å². The third-order valence-electron chi connectivity index (χ3n) is 4.87. The van der Waals surface area contributed by atoms with Gasteiger partial charge in [0.15, 0.2) is 11.7 Å². The van der Waals surface area contributed by atoms with Crippen molar-refractivity contribution in [3.8, 4) is 6.07 Å². The number of hydrogen-bond acceptors (Lipinski definition) is 7. The largest absolute Gasteiger partial charge is 0.385 e. The number of aromatic nitrogens is 2. The van der Waals surface area contributed by atoms with Crippen molar-refractivity contribution in [2.45, 2.75) is 12.3 Å². The monoisotopic (exact) mass is 382 g/mol. The molecule has 1 aromatic carbocycles. The molecule has 1 saturated heterocycles. The van der Waals surface area contributed by atoms with Crippen LogP contribution in [0.3, 0.4) is 0 Å². The van der Waals surface area contributed by atoms with E-state index in [4.69, 9.17) is 9.72 Å². The molecule has 8 heteroatoms. The minimum Gasteiger partial charge on any atom is -0.385 e. The minimum atomic E-state index is -1.01. The number of carbonyl (C=O) groups is 1.